The average Bonchev–Trinajstić information content (AvgIpc) is 2.96. The van der Waals surface area contributed by atoms with Crippen LogP contribution in [0.15, 0.2) is 18.3 Å². The minimum absolute atomic E-state index is 0.429. The van der Waals surface area contributed by atoms with E-state index >= 15 is 0 Å². The number of nitrogens with zero attached hydrogens (tertiary/aromatic N) is 1. The van der Waals surface area contributed by atoms with Gasteiger partial charge in [-0.3, -0.25) is 4.98 Å². The SMILES string of the molecule is CC1(NCCC2CCC(c3ncccc3Cl)CC2)CCCC1. The normalized spacial score (nSPS) is 27.9. The molecular weight excluding hydrogens is 292 g/mol. The fraction of sp³-hybridized carbons (Fsp3) is 0.737. The zero-order chi connectivity index (χ0) is 15.4. The molecule has 2 aliphatic rings. The molecule has 0 spiro atoms. The molecule has 0 amide bonds. The lowest BCUT2D eigenvalue weighted by Gasteiger charge is -2.30. The van der Waals surface area contributed by atoms with Gasteiger partial charge < -0.3 is 5.32 Å². The second kappa shape index (κ2) is 7.31. The maximum absolute atomic E-state index is 6.29. The molecule has 3 rings (SSSR count). The minimum Gasteiger partial charge on any atom is -0.312 e. The summed E-state index contributed by atoms with van der Waals surface area (Å²) in [6.07, 6.45) is 13.9. The van der Waals surface area contributed by atoms with E-state index in [0.717, 1.165) is 16.6 Å². The molecule has 0 saturated heterocycles. The fourth-order valence-corrected chi connectivity index (χ4v) is 4.61. The van der Waals surface area contributed by atoms with Crippen LogP contribution in [0.4, 0.5) is 0 Å². The Morgan fingerprint density at radius 2 is 1.95 bits per heavy atom. The van der Waals surface area contributed by atoms with E-state index in [-0.39, 0.29) is 0 Å². The van der Waals surface area contributed by atoms with Crippen molar-refractivity contribution in [3.8, 4) is 0 Å². The van der Waals surface area contributed by atoms with Crippen LogP contribution in [0.2, 0.25) is 5.02 Å². The minimum atomic E-state index is 0.429. The van der Waals surface area contributed by atoms with Crippen LogP contribution in [0.3, 0.4) is 0 Å². The number of halogens is 1. The summed E-state index contributed by atoms with van der Waals surface area (Å²) in [5, 5.41) is 4.67. The van der Waals surface area contributed by atoms with Gasteiger partial charge in [0.1, 0.15) is 0 Å². The van der Waals surface area contributed by atoms with Gasteiger partial charge in [-0.15, -0.1) is 0 Å². The number of hydrogen-bond donors (Lipinski definition) is 1. The number of hydrogen-bond acceptors (Lipinski definition) is 2. The van der Waals surface area contributed by atoms with E-state index in [9.17, 15) is 0 Å². The monoisotopic (exact) mass is 320 g/mol. The smallest absolute Gasteiger partial charge is 0.0624 e. The summed E-state index contributed by atoms with van der Waals surface area (Å²) in [5.41, 5.74) is 1.55. The predicted molar refractivity (Wildman–Crippen MR) is 93.4 cm³/mol. The van der Waals surface area contributed by atoms with Crippen LogP contribution in [0.25, 0.3) is 0 Å². The van der Waals surface area contributed by atoms with E-state index in [2.05, 4.69) is 17.2 Å². The standard InChI is InChI=1S/C19H29ClN2/c1-19(11-2-3-12-19)22-14-10-15-6-8-16(9-7-15)18-17(20)5-4-13-21-18/h4-5,13,15-16,22H,2-3,6-12,14H2,1H3. The van der Waals surface area contributed by atoms with Gasteiger partial charge in [-0.05, 0) is 76.5 Å². The van der Waals surface area contributed by atoms with E-state index < -0.39 is 0 Å². The van der Waals surface area contributed by atoms with E-state index in [4.69, 9.17) is 11.6 Å². The summed E-state index contributed by atoms with van der Waals surface area (Å²) in [6, 6.07) is 3.90. The lowest BCUT2D eigenvalue weighted by molar-refractivity contribution is 0.283. The Kier molecular flexibility index (Phi) is 5.41. The van der Waals surface area contributed by atoms with Crippen LogP contribution in [0.5, 0.6) is 0 Å². The molecule has 0 radical (unpaired) electrons. The number of rotatable bonds is 5. The highest BCUT2D eigenvalue weighted by Crippen LogP contribution is 2.38. The van der Waals surface area contributed by atoms with Crippen molar-refractivity contribution in [3.63, 3.8) is 0 Å². The van der Waals surface area contributed by atoms with Crippen molar-refractivity contribution in [3.05, 3.63) is 29.0 Å². The van der Waals surface area contributed by atoms with Crippen LogP contribution in [-0.2, 0) is 0 Å². The molecule has 2 saturated carbocycles. The Morgan fingerprint density at radius 1 is 1.23 bits per heavy atom. The maximum atomic E-state index is 6.29. The molecule has 2 aliphatic carbocycles. The molecular formula is C19H29ClN2. The van der Waals surface area contributed by atoms with Gasteiger partial charge in [0.05, 0.1) is 10.7 Å². The molecule has 0 aromatic carbocycles. The first kappa shape index (κ1) is 16.3. The Balaban J connectivity index is 1.41. The molecule has 2 fully saturated rings. The Labute approximate surface area is 140 Å². The van der Waals surface area contributed by atoms with Gasteiger partial charge >= 0.3 is 0 Å². The van der Waals surface area contributed by atoms with Gasteiger partial charge in [0, 0.05) is 17.7 Å². The number of pyridine rings is 1. The summed E-state index contributed by atoms with van der Waals surface area (Å²) in [5.74, 6) is 1.46. The topological polar surface area (TPSA) is 24.9 Å². The van der Waals surface area contributed by atoms with Gasteiger partial charge in [-0.1, -0.05) is 24.4 Å². The Bertz CT molecular complexity index is 474. The molecule has 1 N–H and O–H groups in total. The van der Waals surface area contributed by atoms with Crippen molar-refractivity contribution in [2.24, 2.45) is 5.92 Å². The Morgan fingerprint density at radius 3 is 2.64 bits per heavy atom. The second-order valence-electron chi connectivity index (χ2n) is 7.57. The molecule has 2 nitrogen and oxygen atoms in total. The van der Waals surface area contributed by atoms with Crippen molar-refractivity contribution in [2.75, 3.05) is 6.54 Å². The zero-order valence-corrected chi connectivity index (χ0v) is 14.5. The molecule has 1 heterocycles. The first-order chi connectivity index (χ1) is 10.7. The van der Waals surface area contributed by atoms with E-state index in [1.807, 2.05) is 18.3 Å². The summed E-state index contributed by atoms with van der Waals surface area (Å²) in [4.78, 5) is 4.51. The quantitative estimate of drug-likeness (QED) is 0.794. The number of aromatic nitrogens is 1. The van der Waals surface area contributed by atoms with Crippen molar-refractivity contribution < 1.29 is 0 Å². The van der Waals surface area contributed by atoms with Crippen molar-refractivity contribution in [2.45, 2.75) is 76.2 Å². The first-order valence-corrected chi connectivity index (χ1v) is 9.39. The zero-order valence-electron chi connectivity index (χ0n) is 13.8. The molecule has 0 bridgehead atoms. The molecule has 22 heavy (non-hydrogen) atoms. The highest BCUT2D eigenvalue weighted by atomic mass is 35.5. The summed E-state index contributed by atoms with van der Waals surface area (Å²) in [7, 11) is 0. The highest BCUT2D eigenvalue weighted by molar-refractivity contribution is 6.31. The molecule has 3 heteroatoms. The van der Waals surface area contributed by atoms with Crippen LogP contribution in [-0.4, -0.2) is 17.1 Å². The van der Waals surface area contributed by atoms with E-state index in [1.54, 1.807) is 0 Å². The lowest BCUT2D eigenvalue weighted by atomic mass is 9.79. The van der Waals surface area contributed by atoms with Crippen molar-refractivity contribution in [1.82, 2.24) is 10.3 Å². The third-order valence-corrected chi connectivity index (χ3v) is 6.15. The molecule has 1 aromatic heterocycles. The molecule has 0 unspecified atom stereocenters. The summed E-state index contributed by atoms with van der Waals surface area (Å²) in [6.45, 7) is 3.59. The van der Waals surface area contributed by atoms with Crippen LogP contribution in [0.1, 0.15) is 76.3 Å². The van der Waals surface area contributed by atoms with Gasteiger partial charge in [0.2, 0.25) is 0 Å². The van der Waals surface area contributed by atoms with Crippen LogP contribution in [0, 0.1) is 5.92 Å². The van der Waals surface area contributed by atoms with E-state index in [1.165, 1.54) is 64.3 Å². The largest absolute Gasteiger partial charge is 0.312 e. The van der Waals surface area contributed by atoms with Gasteiger partial charge in [-0.2, -0.15) is 0 Å². The van der Waals surface area contributed by atoms with Crippen molar-refractivity contribution >= 4 is 11.6 Å². The predicted octanol–water partition coefficient (Wildman–Crippen LogP) is 5.32. The number of nitrogens with one attached hydrogen (secondary N) is 1. The third-order valence-electron chi connectivity index (χ3n) is 5.83. The molecule has 1 aromatic rings. The summed E-state index contributed by atoms with van der Waals surface area (Å²) < 4.78 is 0. The molecule has 0 atom stereocenters. The molecule has 122 valence electrons. The Hall–Kier alpha value is -0.600. The van der Waals surface area contributed by atoms with E-state index in [0.29, 0.717) is 11.5 Å². The van der Waals surface area contributed by atoms with Gasteiger partial charge in [0.15, 0.2) is 0 Å². The second-order valence-corrected chi connectivity index (χ2v) is 7.98. The first-order valence-electron chi connectivity index (χ1n) is 9.02. The molecule has 0 aliphatic heterocycles. The van der Waals surface area contributed by atoms with Gasteiger partial charge in [0.25, 0.3) is 0 Å². The summed E-state index contributed by atoms with van der Waals surface area (Å²) >= 11 is 6.29. The van der Waals surface area contributed by atoms with Crippen LogP contribution < -0.4 is 5.32 Å². The third kappa shape index (κ3) is 4.02. The maximum Gasteiger partial charge on any atom is 0.0624 e. The van der Waals surface area contributed by atoms with Crippen molar-refractivity contribution in [1.29, 1.82) is 0 Å². The lowest BCUT2D eigenvalue weighted by Crippen LogP contribution is -2.40. The van der Waals surface area contributed by atoms with Crippen LogP contribution >= 0.6 is 11.6 Å². The van der Waals surface area contributed by atoms with Gasteiger partial charge in [-0.25, -0.2) is 0 Å². The highest BCUT2D eigenvalue weighted by Gasteiger charge is 2.28. The average molecular weight is 321 g/mol. The fourth-order valence-electron chi connectivity index (χ4n) is 4.33.